The third-order valence-electron chi connectivity index (χ3n) is 6.38. The normalized spacial score (nSPS) is 10.9. The Labute approximate surface area is 222 Å². The summed E-state index contributed by atoms with van der Waals surface area (Å²) in [7, 11) is 0. The minimum absolute atomic E-state index is 0.277. The first kappa shape index (κ1) is 29.4. The lowest BCUT2D eigenvalue weighted by molar-refractivity contribution is 0.0526. The third-order valence-corrected chi connectivity index (χ3v) is 6.94. The van der Waals surface area contributed by atoms with Crippen molar-refractivity contribution in [3.8, 4) is 16.9 Å². The van der Waals surface area contributed by atoms with Crippen molar-refractivity contribution in [2.75, 3.05) is 18.5 Å². The number of rotatable bonds is 20. The highest BCUT2D eigenvalue weighted by atomic mass is 79.9. The Morgan fingerprint density at radius 2 is 1.06 bits per heavy atom. The Balaban J connectivity index is 1.47. The third kappa shape index (κ3) is 13.2. The van der Waals surface area contributed by atoms with Gasteiger partial charge in [-0.05, 0) is 55.2 Å². The maximum Gasteiger partial charge on any atom is 0.338 e. The van der Waals surface area contributed by atoms with Crippen LogP contribution in [0.5, 0.6) is 5.75 Å². The molecule has 0 unspecified atom stereocenters. The van der Waals surface area contributed by atoms with E-state index in [0.717, 1.165) is 35.2 Å². The quantitative estimate of drug-likeness (QED) is 0.0944. The fraction of sp³-hybridized carbons (Fsp3) is 0.581. The molecule has 0 heterocycles. The molecule has 3 nitrogen and oxygen atoms in total. The number of carbonyl (C=O) groups is 1. The number of benzene rings is 2. The lowest BCUT2D eigenvalue weighted by Crippen LogP contribution is -2.03. The number of ether oxygens (including phenoxy) is 2. The fourth-order valence-electron chi connectivity index (χ4n) is 4.26. The van der Waals surface area contributed by atoms with Crippen molar-refractivity contribution in [2.45, 2.75) is 96.8 Å². The van der Waals surface area contributed by atoms with E-state index in [1.807, 2.05) is 43.3 Å². The summed E-state index contributed by atoms with van der Waals surface area (Å²) in [5.41, 5.74) is 2.77. The molecular formula is C31H45BrO3. The van der Waals surface area contributed by atoms with E-state index in [-0.39, 0.29) is 5.97 Å². The molecule has 0 atom stereocenters. The fourth-order valence-corrected chi connectivity index (χ4v) is 4.66. The smallest absolute Gasteiger partial charge is 0.338 e. The Kier molecular flexibility index (Phi) is 16.3. The first-order valence-corrected chi connectivity index (χ1v) is 14.9. The van der Waals surface area contributed by atoms with Crippen LogP contribution in [0.25, 0.3) is 11.1 Å². The number of alkyl halides is 1. The van der Waals surface area contributed by atoms with Gasteiger partial charge in [0.15, 0.2) is 0 Å². The van der Waals surface area contributed by atoms with Gasteiger partial charge in [-0.1, -0.05) is 117 Å². The van der Waals surface area contributed by atoms with Gasteiger partial charge in [0.05, 0.1) is 18.8 Å². The van der Waals surface area contributed by atoms with E-state index in [2.05, 4.69) is 28.1 Å². The zero-order chi connectivity index (χ0) is 25.0. The molecule has 0 amide bonds. The highest BCUT2D eigenvalue weighted by Crippen LogP contribution is 2.23. The van der Waals surface area contributed by atoms with E-state index >= 15 is 0 Å². The van der Waals surface area contributed by atoms with Gasteiger partial charge in [0.1, 0.15) is 5.75 Å². The maximum atomic E-state index is 11.8. The summed E-state index contributed by atoms with van der Waals surface area (Å²) >= 11 is 3.50. The molecule has 4 heteroatoms. The molecular weight excluding hydrogens is 500 g/mol. The van der Waals surface area contributed by atoms with E-state index in [1.165, 1.54) is 83.5 Å². The van der Waals surface area contributed by atoms with Crippen molar-refractivity contribution < 1.29 is 14.3 Å². The van der Waals surface area contributed by atoms with Crippen LogP contribution in [-0.2, 0) is 4.74 Å². The molecule has 0 N–H and O–H groups in total. The van der Waals surface area contributed by atoms with Gasteiger partial charge in [-0.3, -0.25) is 0 Å². The Bertz CT molecular complexity index is 786. The zero-order valence-electron chi connectivity index (χ0n) is 21.7. The Morgan fingerprint density at radius 1 is 0.629 bits per heavy atom. The highest BCUT2D eigenvalue weighted by Gasteiger charge is 2.06. The summed E-state index contributed by atoms with van der Waals surface area (Å²) in [6.07, 6.45) is 19.1. The number of hydrogen-bond acceptors (Lipinski definition) is 3. The molecule has 0 fully saturated rings. The molecule has 0 aromatic heterocycles. The Morgan fingerprint density at radius 3 is 1.51 bits per heavy atom. The van der Waals surface area contributed by atoms with Crippen LogP contribution in [0.2, 0.25) is 0 Å². The molecule has 2 aromatic rings. The second-order valence-electron chi connectivity index (χ2n) is 9.31. The number of carbonyl (C=O) groups excluding carboxylic acids is 1. The first-order chi connectivity index (χ1) is 17.2. The highest BCUT2D eigenvalue weighted by molar-refractivity contribution is 9.09. The van der Waals surface area contributed by atoms with Crippen molar-refractivity contribution in [1.82, 2.24) is 0 Å². The number of unbranched alkanes of at least 4 members (excludes halogenated alkanes) is 13. The largest absolute Gasteiger partial charge is 0.494 e. The van der Waals surface area contributed by atoms with E-state index in [9.17, 15) is 4.79 Å². The maximum absolute atomic E-state index is 11.8. The molecule has 35 heavy (non-hydrogen) atoms. The molecule has 0 saturated heterocycles. The second kappa shape index (κ2) is 19.4. The van der Waals surface area contributed by atoms with Crippen LogP contribution in [0, 0.1) is 0 Å². The van der Waals surface area contributed by atoms with Gasteiger partial charge in [0.25, 0.3) is 0 Å². The van der Waals surface area contributed by atoms with Crippen molar-refractivity contribution >= 4 is 21.9 Å². The molecule has 194 valence electrons. The van der Waals surface area contributed by atoms with Crippen LogP contribution >= 0.6 is 15.9 Å². The van der Waals surface area contributed by atoms with Crippen molar-refractivity contribution in [3.63, 3.8) is 0 Å². The van der Waals surface area contributed by atoms with Gasteiger partial charge in [0, 0.05) is 5.33 Å². The van der Waals surface area contributed by atoms with Crippen molar-refractivity contribution in [1.29, 1.82) is 0 Å². The SMILES string of the molecule is CCOC(=O)c1ccc(-c2ccc(OCCCCCCCCCCCCCCCCBr)cc2)cc1. The van der Waals surface area contributed by atoms with E-state index in [1.54, 1.807) is 0 Å². The molecule has 0 aliphatic heterocycles. The van der Waals surface area contributed by atoms with Crippen molar-refractivity contribution in [3.05, 3.63) is 54.1 Å². The summed E-state index contributed by atoms with van der Waals surface area (Å²) in [5.74, 6) is 0.639. The summed E-state index contributed by atoms with van der Waals surface area (Å²) in [5, 5.41) is 1.16. The van der Waals surface area contributed by atoms with E-state index < -0.39 is 0 Å². The van der Waals surface area contributed by atoms with Gasteiger partial charge in [0.2, 0.25) is 0 Å². The van der Waals surface area contributed by atoms with Gasteiger partial charge in [-0.2, -0.15) is 0 Å². The summed E-state index contributed by atoms with van der Waals surface area (Å²) < 4.78 is 11.0. The van der Waals surface area contributed by atoms with Gasteiger partial charge < -0.3 is 9.47 Å². The summed E-state index contributed by atoms with van der Waals surface area (Å²) in [4.78, 5) is 11.8. The average Bonchev–Trinajstić information content (AvgIpc) is 2.89. The average molecular weight is 546 g/mol. The molecule has 0 spiro atoms. The van der Waals surface area contributed by atoms with Crippen molar-refractivity contribution in [2.24, 2.45) is 0 Å². The Hall–Kier alpha value is -1.81. The minimum Gasteiger partial charge on any atom is -0.494 e. The van der Waals surface area contributed by atoms with Gasteiger partial charge in [-0.15, -0.1) is 0 Å². The zero-order valence-corrected chi connectivity index (χ0v) is 23.3. The van der Waals surface area contributed by atoms with Crippen LogP contribution in [0.1, 0.15) is 107 Å². The van der Waals surface area contributed by atoms with Crippen LogP contribution in [0.3, 0.4) is 0 Å². The molecule has 0 aliphatic rings. The molecule has 2 aromatic carbocycles. The van der Waals surface area contributed by atoms with E-state index in [0.29, 0.717) is 12.2 Å². The van der Waals surface area contributed by atoms with Crippen LogP contribution in [0.4, 0.5) is 0 Å². The predicted molar refractivity (Wildman–Crippen MR) is 152 cm³/mol. The first-order valence-electron chi connectivity index (χ1n) is 13.8. The number of esters is 1. The van der Waals surface area contributed by atoms with Gasteiger partial charge >= 0.3 is 5.97 Å². The van der Waals surface area contributed by atoms with E-state index in [4.69, 9.17) is 9.47 Å². The van der Waals surface area contributed by atoms with Crippen LogP contribution < -0.4 is 4.74 Å². The van der Waals surface area contributed by atoms with Crippen LogP contribution in [-0.4, -0.2) is 24.5 Å². The topological polar surface area (TPSA) is 35.5 Å². The molecule has 0 saturated carbocycles. The lowest BCUT2D eigenvalue weighted by atomic mass is 10.0. The standard InChI is InChI=1S/C31H45BrO3/c1-2-34-31(33)29-19-17-27(18-20-29)28-21-23-30(24-22-28)35-26-16-14-12-10-8-6-4-3-5-7-9-11-13-15-25-32/h17-24H,2-16,25-26H2,1H3. The lowest BCUT2D eigenvalue weighted by Gasteiger charge is -2.08. The summed E-state index contributed by atoms with van der Waals surface area (Å²) in [6.45, 7) is 2.98. The predicted octanol–water partition coefficient (Wildman–Crippen LogP) is 9.77. The molecule has 0 bridgehead atoms. The monoisotopic (exact) mass is 544 g/mol. The van der Waals surface area contributed by atoms with Crippen LogP contribution in [0.15, 0.2) is 48.5 Å². The summed E-state index contributed by atoms with van der Waals surface area (Å²) in [6, 6.07) is 15.7. The molecule has 0 radical (unpaired) electrons. The number of halogens is 1. The molecule has 0 aliphatic carbocycles. The second-order valence-corrected chi connectivity index (χ2v) is 10.1. The van der Waals surface area contributed by atoms with Gasteiger partial charge in [-0.25, -0.2) is 4.79 Å². The minimum atomic E-state index is -0.277. The molecule has 2 rings (SSSR count). The number of hydrogen-bond donors (Lipinski definition) is 0.